The van der Waals surface area contributed by atoms with E-state index in [-0.39, 0.29) is 24.5 Å². The normalized spacial score (nSPS) is 9.94. The van der Waals surface area contributed by atoms with E-state index in [0.717, 1.165) is 0 Å². The van der Waals surface area contributed by atoms with Gasteiger partial charge in [-0.1, -0.05) is 23.2 Å². The molecule has 0 aliphatic rings. The zero-order valence-electron chi connectivity index (χ0n) is 8.72. The Bertz CT molecular complexity index is 418. The minimum atomic E-state index is -0.251. The number of anilines is 1. The third kappa shape index (κ3) is 4.21. The SMILES string of the molecule is CC(=O)CCC(=O)Nc1cc(Cl)ccc1Cl. The smallest absolute Gasteiger partial charge is 0.224 e. The number of benzene rings is 1. The van der Waals surface area contributed by atoms with Gasteiger partial charge in [-0.25, -0.2) is 0 Å². The maximum atomic E-state index is 11.4. The molecular formula is C11H11Cl2NO2. The third-order valence-electron chi connectivity index (χ3n) is 1.91. The molecule has 0 unspecified atom stereocenters. The molecule has 1 N–H and O–H groups in total. The van der Waals surface area contributed by atoms with E-state index in [2.05, 4.69) is 5.32 Å². The van der Waals surface area contributed by atoms with E-state index in [1.165, 1.54) is 6.92 Å². The molecule has 0 aliphatic carbocycles. The molecule has 1 rings (SSSR count). The van der Waals surface area contributed by atoms with Crippen molar-refractivity contribution in [3.63, 3.8) is 0 Å². The number of carbonyl (C=O) groups is 2. The molecule has 1 aromatic rings. The van der Waals surface area contributed by atoms with Crippen molar-refractivity contribution in [3.05, 3.63) is 28.2 Å². The lowest BCUT2D eigenvalue weighted by atomic mass is 10.2. The van der Waals surface area contributed by atoms with E-state index >= 15 is 0 Å². The number of carbonyl (C=O) groups excluding carboxylic acids is 2. The van der Waals surface area contributed by atoms with Gasteiger partial charge < -0.3 is 10.1 Å². The Balaban J connectivity index is 2.62. The Labute approximate surface area is 104 Å². The summed E-state index contributed by atoms with van der Waals surface area (Å²) in [4.78, 5) is 22.1. The van der Waals surface area contributed by atoms with Crippen molar-refractivity contribution in [2.75, 3.05) is 5.32 Å². The Morgan fingerprint density at radius 3 is 2.56 bits per heavy atom. The fourth-order valence-corrected chi connectivity index (χ4v) is 1.43. The van der Waals surface area contributed by atoms with Gasteiger partial charge in [0, 0.05) is 17.9 Å². The predicted molar refractivity (Wildman–Crippen MR) is 65.0 cm³/mol. The minimum absolute atomic E-state index is 0.0210. The van der Waals surface area contributed by atoms with Crippen molar-refractivity contribution < 1.29 is 9.59 Å². The standard InChI is InChI=1S/C11H11Cl2NO2/c1-7(15)2-5-11(16)14-10-6-8(12)3-4-9(10)13/h3-4,6H,2,5H2,1H3,(H,14,16). The van der Waals surface area contributed by atoms with Gasteiger partial charge in [-0.3, -0.25) is 4.79 Å². The third-order valence-corrected chi connectivity index (χ3v) is 2.47. The summed E-state index contributed by atoms with van der Waals surface area (Å²) in [5.74, 6) is -0.272. The van der Waals surface area contributed by atoms with Crippen molar-refractivity contribution in [1.82, 2.24) is 0 Å². The first-order valence-corrected chi connectivity index (χ1v) is 5.49. The van der Waals surface area contributed by atoms with Crippen LogP contribution in [0.1, 0.15) is 19.8 Å². The van der Waals surface area contributed by atoms with Gasteiger partial charge in [-0.2, -0.15) is 0 Å². The lowest BCUT2D eigenvalue weighted by Crippen LogP contribution is -2.12. The van der Waals surface area contributed by atoms with Crippen LogP contribution in [0.25, 0.3) is 0 Å². The molecule has 0 atom stereocenters. The van der Waals surface area contributed by atoms with Gasteiger partial charge in [0.1, 0.15) is 5.78 Å². The summed E-state index contributed by atoms with van der Waals surface area (Å²) in [7, 11) is 0. The van der Waals surface area contributed by atoms with E-state index in [9.17, 15) is 9.59 Å². The van der Waals surface area contributed by atoms with Gasteiger partial charge in [0.25, 0.3) is 0 Å². The number of nitrogens with one attached hydrogen (secondary N) is 1. The number of halogens is 2. The Hall–Kier alpha value is -1.06. The second kappa shape index (κ2) is 5.87. The highest BCUT2D eigenvalue weighted by atomic mass is 35.5. The maximum absolute atomic E-state index is 11.4. The second-order valence-electron chi connectivity index (χ2n) is 3.37. The summed E-state index contributed by atoms with van der Waals surface area (Å²) in [5, 5.41) is 3.51. The fraction of sp³-hybridized carbons (Fsp3) is 0.273. The lowest BCUT2D eigenvalue weighted by molar-refractivity contribution is -0.121. The number of rotatable bonds is 4. The van der Waals surface area contributed by atoms with Gasteiger partial charge in [0.05, 0.1) is 10.7 Å². The van der Waals surface area contributed by atoms with Crippen LogP contribution in [0, 0.1) is 0 Å². The highest BCUT2D eigenvalue weighted by Crippen LogP contribution is 2.25. The van der Waals surface area contributed by atoms with Crippen LogP contribution >= 0.6 is 23.2 Å². The van der Waals surface area contributed by atoms with Crippen LogP contribution in [0.5, 0.6) is 0 Å². The van der Waals surface area contributed by atoms with E-state index in [4.69, 9.17) is 23.2 Å². The molecule has 0 heterocycles. The van der Waals surface area contributed by atoms with Crippen LogP contribution in [-0.4, -0.2) is 11.7 Å². The monoisotopic (exact) mass is 259 g/mol. The van der Waals surface area contributed by atoms with E-state index in [1.54, 1.807) is 18.2 Å². The molecule has 0 saturated heterocycles. The molecule has 86 valence electrons. The topological polar surface area (TPSA) is 46.2 Å². The average Bonchev–Trinajstić information content (AvgIpc) is 2.20. The number of hydrogen-bond acceptors (Lipinski definition) is 2. The van der Waals surface area contributed by atoms with Crippen LogP contribution in [0.2, 0.25) is 10.0 Å². The van der Waals surface area contributed by atoms with Crippen molar-refractivity contribution in [2.45, 2.75) is 19.8 Å². The molecule has 0 aliphatic heterocycles. The van der Waals surface area contributed by atoms with Gasteiger partial charge in [-0.15, -0.1) is 0 Å². The molecule has 0 saturated carbocycles. The Morgan fingerprint density at radius 2 is 1.94 bits per heavy atom. The predicted octanol–water partition coefficient (Wildman–Crippen LogP) is 3.30. The highest BCUT2D eigenvalue weighted by Gasteiger charge is 2.07. The van der Waals surface area contributed by atoms with Crippen LogP contribution in [0.4, 0.5) is 5.69 Å². The van der Waals surface area contributed by atoms with Gasteiger partial charge >= 0.3 is 0 Å². The number of amides is 1. The molecule has 0 radical (unpaired) electrons. The number of hydrogen-bond donors (Lipinski definition) is 1. The summed E-state index contributed by atoms with van der Waals surface area (Å²) in [6.07, 6.45) is 0.377. The Morgan fingerprint density at radius 1 is 1.25 bits per heavy atom. The number of ketones is 1. The van der Waals surface area contributed by atoms with Crippen molar-refractivity contribution in [2.24, 2.45) is 0 Å². The van der Waals surface area contributed by atoms with Crippen LogP contribution in [-0.2, 0) is 9.59 Å². The molecule has 16 heavy (non-hydrogen) atoms. The zero-order chi connectivity index (χ0) is 12.1. The molecule has 5 heteroatoms. The first-order valence-electron chi connectivity index (χ1n) is 4.73. The van der Waals surface area contributed by atoms with E-state index in [0.29, 0.717) is 15.7 Å². The largest absolute Gasteiger partial charge is 0.325 e. The second-order valence-corrected chi connectivity index (χ2v) is 4.22. The zero-order valence-corrected chi connectivity index (χ0v) is 10.2. The van der Waals surface area contributed by atoms with Gasteiger partial charge in [-0.05, 0) is 25.1 Å². The maximum Gasteiger partial charge on any atom is 0.224 e. The van der Waals surface area contributed by atoms with Crippen LogP contribution in [0.3, 0.4) is 0 Å². The van der Waals surface area contributed by atoms with Gasteiger partial charge in [0.15, 0.2) is 0 Å². The van der Waals surface area contributed by atoms with Crippen molar-refractivity contribution >= 4 is 40.6 Å². The molecule has 0 fully saturated rings. The molecule has 1 amide bonds. The molecule has 0 aromatic heterocycles. The van der Waals surface area contributed by atoms with Crippen molar-refractivity contribution in [3.8, 4) is 0 Å². The van der Waals surface area contributed by atoms with E-state index in [1.807, 2.05) is 0 Å². The lowest BCUT2D eigenvalue weighted by Gasteiger charge is -2.06. The van der Waals surface area contributed by atoms with Crippen molar-refractivity contribution in [1.29, 1.82) is 0 Å². The Kier molecular flexibility index (Phi) is 4.77. The molecule has 3 nitrogen and oxygen atoms in total. The van der Waals surface area contributed by atoms with Gasteiger partial charge in [0.2, 0.25) is 5.91 Å². The fourth-order valence-electron chi connectivity index (χ4n) is 1.10. The first kappa shape index (κ1) is 13.0. The average molecular weight is 260 g/mol. The van der Waals surface area contributed by atoms with Crippen LogP contribution < -0.4 is 5.32 Å². The minimum Gasteiger partial charge on any atom is -0.325 e. The molecule has 0 spiro atoms. The molecular weight excluding hydrogens is 249 g/mol. The summed E-state index contributed by atoms with van der Waals surface area (Å²) in [6.45, 7) is 1.44. The summed E-state index contributed by atoms with van der Waals surface area (Å²) in [5.41, 5.74) is 0.461. The highest BCUT2D eigenvalue weighted by molar-refractivity contribution is 6.35. The summed E-state index contributed by atoms with van der Waals surface area (Å²) < 4.78 is 0. The molecule has 0 bridgehead atoms. The first-order chi connectivity index (χ1) is 7.49. The summed E-state index contributed by atoms with van der Waals surface area (Å²) in [6, 6.07) is 4.80. The number of Topliss-reactive ketones (excluding diaryl/α,β-unsaturated/α-hetero) is 1. The van der Waals surface area contributed by atoms with Crippen LogP contribution in [0.15, 0.2) is 18.2 Å². The molecule has 1 aromatic carbocycles. The van der Waals surface area contributed by atoms with E-state index < -0.39 is 0 Å². The summed E-state index contributed by atoms with van der Waals surface area (Å²) >= 11 is 11.6. The quantitative estimate of drug-likeness (QED) is 0.902.